The Labute approximate surface area is 91.8 Å². The maximum atomic E-state index is 11.3. The molecular formula is C11H22N2O2. The fourth-order valence-electron chi connectivity index (χ4n) is 1.20. The first-order chi connectivity index (χ1) is 6.97. The number of hydrogen-bond donors (Lipinski definition) is 2. The molecule has 0 aromatic rings. The van der Waals surface area contributed by atoms with Crippen molar-refractivity contribution in [2.24, 2.45) is 5.41 Å². The lowest BCUT2D eigenvalue weighted by atomic mass is 9.92. The van der Waals surface area contributed by atoms with Gasteiger partial charge >= 0.3 is 0 Å². The van der Waals surface area contributed by atoms with Crippen molar-refractivity contribution in [1.29, 1.82) is 0 Å². The standard InChI is InChI=1S/C11H22N2O2/c1-11(2,3)4-5-13-10(14)8-15-9-6-12-7-9/h9,12H,4-8H2,1-3H3,(H,13,14). The van der Waals surface area contributed by atoms with E-state index in [0.29, 0.717) is 0 Å². The van der Waals surface area contributed by atoms with Gasteiger partial charge in [0.1, 0.15) is 6.61 Å². The summed E-state index contributed by atoms with van der Waals surface area (Å²) in [6.45, 7) is 9.15. The van der Waals surface area contributed by atoms with Gasteiger partial charge in [-0.25, -0.2) is 0 Å². The molecule has 0 spiro atoms. The van der Waals surface area contributed by atoms with Crippen molar-refractivity contribution in [3.8, 4) is 0 Å². The molecule has 4 nitrogen and oxygen atoms in total. The SMILES string of the molecule is CC(C)(C)CCNC(=O)COC1CNC1. The molecule has 0 aliphatic carbocycles. The van der Waals surface area contributed by atoms with Crippen molar-refractivity contribution < 1.29 is 9.53 Å². The van der Waals surface area contributed by atoms with E-state index < -0.39 is 0 Å². The van der Waals surface area contributed by atoms with Crippen LogP contribution in [0.3, 0.4) is 0 Å². The summed E-state index contributed by atoms with van der Waals surface area (Å²) < 4.78 is 5.35. The Morgan fingerprint density at radius 2 is 2.13 bits per heavy atom. The van der Waals surface area contributed by atoms with Gasteiger partial charge < -0.3 is 15.4 Å². The van der Waals surface area contributed by atoms with E-state index in [2.05, 4.69) is 31.4 Å². The molecule has 1 amide bonds. The normalized spacial score (nSPS) is 17.3. The zero-order valence-electron chi connectivity index (χ0n) is 9.93. The molecule has 88 valence electrons. The largest absolute Gasteiger partial charge is 0.366 e. The summed E-state index contributed by atoms with van der Waals surface area (Å²) in [6, 6.07) is 0. The van der Waals surface area contributed by atoms with E-state index in [4.69, 9.17) is 4.74 Å². The van der Waals surface area contributed by atoms with Crippen molar-refractivity contribution in [3.05, 3.63) is 0 Å². The van der Waals surface area contributed by atoms with Crippen LogP contribution < -0.4 is 10.6 Å². The molecule has 0 radical (unpaired) electrons. The zero-order valence-corrected chi connectivity index (χ0v) is 9.93. The molecule has 2 N–H and O–H groups in total. The van der Waals surface area contributed by atoms with Crippen LogP contribution >= 0.6 is 0 Å². The Morgan fingerprint density at radius 1 is 1.47 bits per heavy atom. The van der Waals surface area contributed by atoms with Crippen molar-refractivity contribution in [3.63, 3.8) is 0 Å². The summed E-state index contributed by atoms with van der Waals surface area (Å²) >= 11 is 0. The molecule has 15 heavy (non-hydrogen) atoms. The number of nitrogens with one attached hydrogen (secondary N) is 2. The van der Waals surface area contributed by atoms with E-state index in [-0.39, 0.29) is 24.0 Å². The zero-order chi connectivity index (χ0) is 11.3. The lowest BCUT2D eigenvalue weighted by Gasteiger charge is -2.26. The molecular weight excluding hydrogens is 192 g/mol. The van der Waals surface area contributed by atoms with E-state index in [9.17, 15) is 4.79 Å². The van der Waals surface area contributed by atoms with Crippen LogP contribution in [-0.4, -0.2) is 38.3 Å². The summed E-state index contributed by atoms with van der Waals surface area (Å²) in [6.07, 6.45) is 1.22. The van der Waals surface area contributed by atoms with E-state index in [1.54, 1.807) is 0 Å². The maximum Gasteiger partial charge on any atom is 0.246 e. The summed E-state index contributed by atoms with van der Waals surface area (Å²) in [5, 5.41) is 5.95. The van der Waals surface area contributed by atoms with Gasteiger partial charge in [-0.1, -0.05) is 20.8 Å². The van der Waals surface area contributed by atoms with Gasteiger partial charge in [0.2, 0.25) is 5.91 Å². The number of hydrogen-bond acceptors (Lipinski definition) is 3. The molecule has 1 fully saturated rings. The lowest BCUT2D eigenvalue weighted by molar-refractivity contribution is -0.128. The Bertz CT molecular complexity index is 207. The van der Waals surface area contributed by atoms with Gasteiger partial charge in [-0.3, -0.25) is 4.79 Å². The van der Waals surface area contributed by atoms with Crippen molar-refractivity contribution in [1.82, 2.24) is 10.6 Å². The third-order valence-corrected chi connectivity index (χ3v) is 2.39. The third kappa shape index (κ3) is 5.74. The molecule has 1 aliphatic heterocycles. The quantitative estimate of drug-likeness (QED) is 0.702. The Morgan fingerprint density at radius 3 is 2.60 bits per heavy atom. The molecule has 0 unspecified atom stereocenters. The first-order valence-corrected chi connectivity index (χ1v) is 5.56. The Hall–Kier alpha value is -0.610. The van der Waals surface area contributed by atoms with E-state index in [0.717, 1.165) is 26.1 Å². The van der Waals surface area contributed by atoms with E-state index in [1.807, 2.05) is 0 Å². The number of rotatable bonds is 5. The predicted octanol–water partition coefficient (Wildman–Crippen LogP) is 0.527. The second-order valence-corrected chi connectivity index (χ2v) is 5.25. The topological polar surface area (TPSA) is 50.4 Å². The molecule has 1 aliphatic rings. The molecule has 1 saturated heterocycles. The van der Waals surface area contributed by atoms with Crippen LogP contribution in [0, 0.1) is 5.41 Å². The van der Waals surface area contributed by atoms with Crippen LogP contribution in [0.25, 0.3) is 0 Å². The summed E-state index contributed by atoms with van der Waals surface area (Å²) in [5.41, 5.74) is 0.270. The average Bonchev–Trinajstić information content (AvgIpc) is 1.98. The molecule has 0 atom stereocenters. The van der Waals surface area contributed by atoms with Gasteiger partial charge in [0.25, 0.3) is 0 Å². The van der Waals surface area contributed by atoms with Gasteiger partial charge in [-0.05, 0) is 11.8 Å². The van der Waals surface area contributed by atoms with Crippen molar-refractivity contribution in [2.75, 3.05) is 26.2 Å². The van der Waals surface area contributed by atoms with Gasteiger partial charge in [-0.15, -0.1) is 0 Å². The highest BCUT2D eigenvalue weighted by atomic mass is 16.5. The fraction of sp³-hybridized carbons (Fsp3) is 0.909. The van der Waals surface area contributed by atoms with Crippen LogP contribution in [-0.2, 0) is 9.53 Å². The highest BCUT2D eigenvalue weighted by Crippen LogP contribution is 2.16. The van der Waals surface area contributed by atoms with Crippen molar-refractivity contribution in [2.45, 2.75) is 33.3 Å². The van der Waals surface area contributed by atoms with E-state index >= 15 is 0 Å². The number of amides is 1. The second-order valence-electron chi connectivity index (χ2n) is 5.25. The van der Waals surface area contributed by atoms with Crippen LogP contribution in [0.4, 0.5) is 0 Å². The molecule has 0 saturated carbocycles. The van der Waals surface area contributed by atoms with Gasteiger partial charge in [0, 0.05) is 19.6 Å². The maximum absolute atomic E-state index is 11.3. The minimum Gasteiger partial charge on any atom is -0.366 e. The summed E-state index contributed by atoms with van der Waals surface area (Å²) in [4.78, 5) is 11.3. The summed E-state index contributed by atoms with van der Waals surface area (Å²) in [5.74, 6) is -0.00819. The van der Waals surface area contributed by atoms with Crippen LogP contribution in [0.15, 0.2) is 0 Å². The molecule has 0 bridgehead atoms. The summed E-state index contributed by atoms with van der Waals surface area (Å²) in [7, 11) is 0. The molecule has 0 aromatic heterocycles. The average molecular weight is 214 g/mol. The monoisotopic (exact) mass is 214 g/mol. The molecule has 1 heterocycles. The highest BCUT2D eigenvalue weighted by molar-refractivity contribution is 5.77. The van der Waals surface area contributed by atoms with Crippen LogP contribution in [0.2, 0.25) is 0 Å². The third-order valence-electron chi connectivity index (χ3n) is 2.39. The fourth-order valence-corrected chi connectivity index (χ4v) is 1.20. The molecule has 1 rings (SSSR count). The second kappa shape index (κ2) is 5.47. The minimum absolute atomic E-state index is 0.00819. The van der Waals surface area contributed by atoms with Crippen LogP contribution in [0.1, 0.15) is 27.2 Å². The first kappa shape index (κ1) is 12.5. The smallest absolute Gasteiger partial charge is 0.246 e. The first-order valence-electron chi connectivity index (χ1n) is 5.56. The Kier molecular flexibility index (Phi) is 4.54. The van der Waals surface area contributed by atoms with Crippen LogP contribution in [0.5, 0.6) is 0 Å². The highest BCUT2D eigenvalue weighted by Gasteiger charge is 2.18. The molecule has 0 aromatic carbocycles. The number of ether oxygens (including phenoxy) is 1. The minimum atomic E-state index is -0.00819. The van der Waals surface area contributed by atoms with Crippen molar-refractivity contribution >= 4 is 5.91 Å². The van der Waals surface area contributed by atoms with E-state index in [1.165, 1.54) is 0 Å². The van der Waals surface area contributed by atoms with Gasteiger partial charge in [0.15, 0.2) is 0 Å². The lowest BCUT2D eigenvalue weighted by Crippen LogP contribution is -2.49. The predicted molar refractivity (Wildman–Crippen MR) is 59.7 cm³/mol. The van der Waals surface area contributed by atoms with Gasteiger partial charge in [0.05, 0.1) is 6.10 Å². The number of carbonyl (C=O) groups excluding carboxylic acids is 1. The Balaban J connectivity index is 1.98. The molecule has 4 heteroatoms. The van der Waals surface area contributed by atoms with Gasteiger partial charge in [-0.2, -0.15) is 0 Å². The number of carbonyl (C=O) groups is 1.